The molecule has 74 valence electrons. The fourth-order valence-electron chi connectivity index (χ4n) is 1.75. The van der Waals surface area contributed by atoms with Crippen LogP contribution < -0.4 is 14.2 Å². The van der Waals surface area contributed by atoms with Crippen LogP contribution >= 0.6 is 0 Å². The molecule has 1 aliphatic heterocycles. The van der Waals surface area contributed by atoms with Crippen LogP contribution in [0.3, 0.4) is 0 Å². The average Bonchev–Trinajstić information content (AvgIpc) is 2.26. The molecule has 0 atom stereocenters. The Bertz CT molecular complexity index is 520. The van der Waals surface area contributed by atoms with Gasteiger partial charge in [-0.3, -0.25) is 0 Å². The molecule has 1 aliphatic rings. The zero-order valence-corrected chi connectivity index (χ0v) is 10.2. The van der Waals surface area contributed by atoms with Crippen molar-refractivity contribution in [3.63, 3.8) is 0 Å². The number of fused-ring (bicyclic) bond motifs is 2. The van der Waals surface area contributed by atoms with E-state index in [1.54, 1.807) is 0 Å². The van der Waals surface area contributed by atoms with Crippen molar-refractivity contribution in [2.24, 2.45) is 0 Å². The Morgan fingerprint density at radius 2 is 1.73 bits per heavy atom. The van der Waals surface area contributed by atoms with Crippen molar-refractivity contribution in [2.45, 2.75) is 6.92 Å². The van der Waals surface area contributed by atoms with E-state index in [0.717, 1.165) is 0 Å². The van der Waals surface area contributed by atoms with E-state index in [0.29, 0.717) is 15.0 Å². The van der Waals surface area contributed by atoms with Crippen LogP contribution in [0.4, 0.5) is 11.4 Å². The van der Waals surface area contributed by atoms with Gasteiger partial charge in [-0.2, -0.15) is 0 Å². The van der Waals surface area contributed by atoms with Crippen LogP contribution in [0.25, 0.3) is 0 Å². The summed E-state index contributed by atoms with van der Waals surface area (Å²) in [5.41, 5.74) is 3.88. The first kappa shape index (κ1) is 9.02. The molecule has 2 aromatic rings. The molecule has 2 aromatic carbocycles. The van der Waals surface area contributed by atoms with E-state index in [4.69, 9.17) is 0 Å². The van der Waals surface area contributed by atoms with Gasteiger partial charge in [0.2, 0.25) is 0 Å². The summed E-state index contributed by atoms with van der Waals surface area (Å²) < 4.78 is 2.90. The second-order valence-corrected chi connectivity index (χ2v) is 6.00. The summed E-state index contributed by atoms with van der Waals surface area (Å²) in [6, 6.07) is 15.2. The summed E-state index contributed by atoms with van der Waals surface area (Å²) in [7, 11) is 0. The summed E-state index contributed by atoms with van der Waals surface area (Å²) in [4.78, 5) is 0. The first-order valence-electron chi connectivity index (χ1n) is 4.97. The number of para-hydroxylation sites is 1. The molecule has 0 bridgehead atoms. The summed E-state index contributed by atoms with van der Waals surface area (Å²) in [5.74, 6) is 0. The third-order valence-electron chi connectivity index (χ3n) is 2.51. The summed E-state index contributed by atoms with van der Waals surface area (Å²) >= 11 is 0.449. The molecule has 0 fully saturated rings. The summed E-state index contributed by atoms with van der Waals surface area (Å²) in [5, 5.41) is 3.50. The molecule has 1 N–H and O–H groups in total. The molecule has 0 radical (unpaired) electrons. The molecule has 3 rings (SSSR count). The van der Waals surface area contributed by atoms with E-state index in [-0.39, 0.29) is 0 Å². The van der Waals surface area contributed by atoms with Gasteiger partial charge in [0, 0.05) is 0 Å². The molecule has 15 heavy (non-hydrogen) atoms. The van der Waals surface area contributed by atoms with Crippen molar-refractivity contribution in [2.75, 3.05) is 5.32 Å². The molecule has 2 heteroatoms. The Morgan fingerprint density at radius 1 is 0.933 bits per heavy atom. The second-order valence-electron chi connectivity index (χ2n) is 3.72. The van der Waals surface area contributed by atoms with E-state index in [1.165, 1.54) is 25.9 Å². The maximum atomic E-state index is 3.50. The number of aryl methyl sites for hydroxylation is 1. The van der Waals surface area contributed by atoms with Gasteiger partial charge in [0.15, 0.2) is 0 Å². The molecule has 0 amide bonds. The Hall–Kier alpha value is -1.24. The van der Waals surface area contributed by atoms with Crippen LogP contribution in [0.2, 0.25) is 0 Å². The number of benzene rings is 2. The molecule has 0 unspecified atom stereocenters. The van der Waals surface area contributed by atoms with Gasteiger partial charge in [0.05, 0.1) is 0 Å². The quantitative estimate of drug-likeness (QED) is 0.607. The van der Waals surface area contributed by atoms with Gasteiger partial charge < -0.3 is 0 Å². The monoisotopic (exact) mass is 261 g/mol. The van der Waals surface area contributed by atoms with E-state index in [9.17, 15) is 0 Å². The third-order valence-corrected chi connectivity index (χ3v) is 4.93. The molecule has 0 aromatic heterocycles. The van der Waals surface area contributed by atoms with Crippen molar-refractivity contribution in [1.82, 2.24) is 0 Å². The number of hydrogen-bond acceptors (Lipinski definition) is 1. The number of anilines is 2. The summed E-state index contributed by atoms with van der Waals surface area (Å²) in [6.45, 7) is 2.13. The van der Waals surface area contributed by atoms with Crippen LogP contribution in [0.5, 0.6) is 0 Å². The van der Waals surface area contributed by atoms with Crippen LogP contribution in [-0.2, 0) is 0 Å². The SMILES string of the molecule is Cc1ccc2c(c1)Nc1ccccc1[Se]2. The van der Waals surface area contributed by atoms with Crippen LogP contribution in [0, 0.1) is 6.92 Å². The van der Waals surface area contributed by atoms with Crippen LogP contribution in [0.1, 0.15) is 5.56 Å². The molecule has 0 saturated carbocycles. The van der Waals surface area contributed by atoms with Crippen LogP contribution in [0.15, 0.2) is 42.5 Å². The Labute approximate surface area is 95.7 Å². The number of hydrogen-bond donors (Lipinski definition) is 1. The predicted octanol–water partition coefficient (Wildman–Crippen LogP) is 1.71. The van der Waals surface area contributed by atoms with Gasteiger partial charge in [-0.05, 0) is 0 Å². The first-order valence-corrected chi connectivity index (χ1v) is 6.69. The minimum absolute atomic E-state index is 0.449. The standard InChI is InChI=1S/C13H11NSe/c1-9-6-7-13-11(8-9)14-10-4-2-3-5-12(10)15-13/h2-8,14H,1H3. The minimum atomic E-state index is 0.449. The van der Waals surface area contributed by atoms with Crippen molar-refractivity contribution in [1.29, 1.82) is 0 Å². The van der Waals surface area contributed by atoms with Crippen LogP contribution in [-0.4, -0.2) is 15.0 Å². The maximum absolute atomic E-state index is 3.50. The van der Waals surface area contributed by atoms with E-state index < -0.39 is 0 Å². The van der Waals surface area contributed by atoms with Gasteiger partial charge in [0.1, 0.15) is 0 Å². The normalized spacial score (nSPS) is 12.6. The van der Waals surface area contributed by atoms with Gasteiger partial charge in [0.25, 0.3) is 0 Å². The molecular weight excluding hydrogens is 249 g/mol. The average molecular weight is 260 g/mol. The fourth-order valence-corrected chi connectivity index (χ4v) is 3.79. The van der Waals surface area contributed by atoms with Gasteiger partial charge in [-0.1, -0.05) is 0 Å². The topological polar surface area (TPSA) is 12.0 Å². The molecule has 1 nitrogen and oxygen atoms in total. The number of nitrogens with one attached hydrogen (secondary N) is 1. The zero-order chi connectivity index (χ0) is 10.3. The van der Waals surface area contributed by atoms with E-state index >= 15 is 0 Å². The molecule has 1 heterocycles. The number of rotatable bonds is 0. The predicted molar refractivity (Wildman–Crippen MR) is 65.9 cm³/mol. The fraction of sp³-hybridized carbons (Fsp3) is 0.0769. The molecule has 0 saturated heterocycles. The van der Waals surface area contributed by atoms with Crippen molar-refractivity contribution < 1.29 is 0 Å². The van der Waals surface area contributed by atoms with E-state index in [1.807, 2.05) is 0 Å². The second kappa shape index (κ2) is 3.41. The van der Waals surface area contributed by atoms with Crippen molar-refractivity contribution in [3.05, 3.63) is 48.0 Å². The molecule has 0 aliphatic carbocycles. The van der Waals surface area contributed by atoms with Gasteiger partial charge in [-0.25, -0.2) is 0 Å². The Balaban J connectivity index is 2.11. The van der Waals surface area contributed by atoms with Crippen molar-refractivity contribution in [3.8, 4) is 0 Å². The van der Waals surface area contributed by atoms with Crippen molar-refractivity contribution >= 4 is 35.3 Å². The summed E-state index contributed by atoms with van der Waals surface area (Å²) in [6.07, 6.45) is 0. The third kappa shape index (κ3) is 1.56. The van der Waals surface area contributed by atoms with E-state index in [2.05, 4.69) is 54.7 Å². The Kier molecular flexibility index (Phi) is 2.05. The first-order chi connectivity index (χ1) is 7.33. The zero-order valence-electron chi connectivity index (χ0n) is 8.45. The Morgan fingerprint density at radius 3 is 2.67 bits per heavy atom. The molecular formula is C13H11NSe. The van der Waals surface area contributed by atoms with Gasteiger partial charge >= 0.3 is 95.5 Å². The van der Waals surface area contributed by atoms with Gasteiger partial charge in [-0.15, -0.1) is 0 Å². The molecule has 0 spiro atoms.